The first-order valence-electron chi connectivity index (χ1n) is 5.13. The van der Waals surface area contributed by atoms with Crippen molar-refractivity contribution in [1.29, 1.82) is 0 Å². The summed E-state index contributed by atoms with van der Waals surface area (Å²) in [5, 5.41) is 11.5. The average Bonchev–Trinajstić information content (AvgIpc) is 2.26. The number of aryl methyl sites for hydroxylation is 1. The van der Waals surface area contributed by atoms with E-state index in [1.54, 1.807) is 7.05 Å². The number of anilines is 2. The molecule has 0 aliphatic rings. The molecule has 4 N–H and O–H groups in total. The zero-order chi connectivity index (χ0) is 12.1. The van der Waals surface area contributed by atoms with Gasteiger partial charge in [-0.25, -0.2) is 4.98 Å². The van der Waals surface area contributed by atoms with E-state index in [2.05, 4.69) is 15.3 Å². The Balaban J connectivity index is 3.01. The molecule has 0 aliphatic carbocycles. The molecule has 0 saturated heterocycles. The number of hydrogen-bond acceptors (Lipinski definition) is 5. The van der Waals surface area contributed by atoms with Gasteiger partial charge in [0.1, 0.15) is 5.82 Å². The average molecular weight is 224 g/mol. The van der Waals surface area contributed by atoms with E-state index in [4.69, 9.17) is 10.8 Å². The summed E-state index contributed by atoms with van der Waals surface area (Å²) in [6.45, 7) is 1.95. The third-order valence-electron chi connectivity index (χ3n) is 2.27. The van der Waals surface area contributed by atoms with Crippen molar-refractivity contribution in [1.82, 2.24) is 9.97 Å². The minimum Gasteiger partial charge on any atom is -0.481 e. The molecule has 0 atom stereocenters. The van der Waals surface area contributed by atoms with E-state index in [1.165, 1.54) is 0 Å². The molecule has 0 saturated carbocycles. The van der Waals surface area contributed by atoms with E-state index >= 15 is 0 Å². The van der Waals surface area contributed by atoms with Gasteiger partial charge in [-0.2, -0.15) is 4.98 Å². The molecular weight excluding hydrogens is 208 g/mol. The van der Waals surface area contributed by atoms with Gasteiger partial charge < -0.3 is 16.2 Å². The van der Waals surface area contributed by atoms with Crippen LogP contribution in [0.15, 0.2) is 0 Å². The molecule has 16 heavy (non-hydrogen) atoms. The van der Waals surface area contributed by atoms with Crippen molar-refractivity contribution in [3.63, 3.8) is 0 Å². The number of hydrogen-bond donors (Lipinski definition) is 3. The number of nitrogen functional groups attached to an aromatic ring is 1. The van der Waals surface area contributed by atoms with E-state index in [-0.39, 0.29) is 6.42 Å². The SMILES string of the molecule is CCc1nc(NC)nc(N)c1CCC(=O)O. The molecule has 0 radical (unpaired) electrons. The summed E-state index contributed by atoms with van der Waals surface area (Å²) in [7, 11) is 1.71. The Morgan fingerprint density at radius 3 is 2.69 bits per heavy atom. The molecule has 1 aromatic rings. The Hall–Kier alpha value is -1.85. The second-order valence-electron chi connectivity index (χ2n) is 3.35. The molecule has 6 nitrogen and oxygen atoms in total. The normalized spacial score (nSPS) is 10.1. The lowest BCUT2D eigenvalue weighted by atomic mass is 10.1. The molecule has 0 unspecified atom stereocenters. The third kappa shape index (κ3) is 2.82. The molecule has 0 bridgehead atoms. The molecular formula is C10H16N4O2. The fraction of sp³-hybridized carbons (Fsp3) is 0.500. The molecule has 6 heteroatoms. The van der Waals surface area contributed by atoms with Crippen LogP contribution in [0.1, 0.15) is 24.6 Å². The summed E-state index contributed by atoms with van der Waals surface area (Å²) in [5.74, 6) is -0.0231. The molecule has 0 amide bonds. The fourth-order valence-electron chi connectivity index (χ4n) is 1.46. The number of aromatic nitrogens is 2. The first kappa shape index (κ1) is 12.2. The first-order chi connectivity index (χ1) is 7.58. The van der Waals surface area contributed by atoms with Crippen molar-refractivity contribution in [2.45, 2.75) is 26.2 Å². The zero-order valence-corrected chi connectivity index (χ0v) is 9.45. The van der Waals surface area contributed by atoms with Crippen molar-refractivity contribution < 1.29 is 9.90 Å². The Morgan fingerprint density at radius 2 is 2.19 bits per heavy atom. The molecule has 0 aromatic carbocycles. The molecule has 1 aromatic heterocycles. The van der Waals surface area contributed by atoms with Crippen LogP contribution in [-0.2, 0) is 17.6 Å². The number of nitrogens with one attached hydrogen (secondary N) is 1. The summed E-state index contributed by atoms with van der Waals surface area (Å²) in [6, 6.07) is 0. The van der Waals surface area contributed by atoms with Gasteiger partial charge >= 0.3 is 5.97 Å². The number of nitrogens with two attached hydrogens (primary N) is 1. The van der Waals surface area contributed by atoms with E-state index in [1.807, 2.05) is 6.92 Å². The highest BCUT2D eigenvalue weighted by Gasteiger charge is 2.11. The highest BCUT2D eigenvalue weighted by atomic mass is 16.4. The lowest BCUT2D eigenvalue weighted by Gasteiger charge is -2.10. The fourth-order valence-corrected chi connectivity index (χ4v) is 1.46. The number of rotatable bonds is 5. The van der Waals surface area contributed by atoms with Crippen molar-refractivity contribution in [2.24, 2.45) is 0 Å². The van der Waals surface area contributed by atoms with E-state index < -0.39 is 5.97 Å². The predicted octanol–water partition coefficient (Wildman–Crippen LogP) is 0.680. The Kier molecular flexibility index (Phi) is 4.04. The van der Waals surface area contributed by atoms with Crippen LogP contribution in [0.2, 0.25) is 0 Å². The maximum atomic E-state index is 10.5. The van der Waals surface area contributed by atoms with Crippen LogP contribution in [0.4, 0.5) is 11.8 Å². The summed E-state index contributed by atoms with van der Waals surface area (Å²) in [4.78, 5) is 18.8. The van der Waals surface area contributed by atoms with Crippen LogP contribution in [0.5, 0.6) is 0 Å². The highest BCUT2D eigenvalue weighted by Crippen LogP contribution is 2.18. The van der Waals surface area contributed by atoms with Crippen molar-refractivity contribution in [3.05, 3.63) is 11.3 Å². The minimum absolute atomic E-state index is 0.0411. The topological polar surface area (TPSA) is 101 Å². The van der Waals surface area contributed by atoms with Crippen LogP contribution in [0, 0.1) is 0 Å². The molecule has 1 heterocycles. The highest BCUT2D eigenvalue weighted by molar-refractivity contribution is 5.67. The second-order valence-corrected chi connectivity index (χ2v) is 3.35. The lowest BCUT2D eigenvalue weighted by molar-refractivity contribution is -0.136. The quantitative estimate of drug-likeness (QED) is 0.680. The maximum absolute atomic E-state index is 10.5. The summed E-state index contributed by atoms with van der Waals surface area (Å²) in [5.41, 5.74) is 7.32. The van der Waals surface area contributed by atoms with Gasteiger partial charge in [0.05, 0.1) is 5.69 Å². The molecule has 0 aliphatic heterocycles. The van der Waals surface area contributed by atoms with Gasteiger partial charge in [0.25, 0.3) is 0 Å². The van der Waals surface area contributed by atoms with E-state index in [0.29, 0.717) is 24.6 Å². The molecule has 1 rings (SSSR count). The van der Waals surface area contributed by atoms with Crippen LogP contribution in [0.25, 0.3) is 0 Å². The van der Waals surface area contributed by atoms with Crippen LogP contribution in [0.3, 0.4) is 0 Å². The third-order valence-corrected chi connectivity index (χ3v) is 2.27. The maximum Gasteiger partial charge on any atom is 0.303 e. The van der Waals surface area contributed by atoms with Crippen LogP contribution in [-0.4, -0.2) is 28.1 Å². The summed E-state index contributed by atoms with van der Waals surface area (Å²) >= 11 is 0. The zero-order valence-electron chi connectivity index (χ0n) is 9.45. The molecule has 0 fully saturated rings. The van der Waals surface area contributed by atoms with Gasteiger partial charge in [0, 0.05) is 19.0 Å². The molecule has 88 valence electrons. The number of carboxylic acid groups (broad SMARTS) is 1. The second kappa shape index (κ2) is 5.29. The van der Waals surface area contributed by atoms with Crippen LogP contribution < -0.4 is 11.1 Å². The Labute approximate surface area is 93.9 Å². The van der Waals surface area contributed by atoms with Gasteiger partial charge in [0.2, 0.25) is 5.95 Å². The number of nitrogens with zero attached hydrogens (tertiary/aromatic N) is 2. The summed E-state index contributed by atoms with van der Waals surface area (Å²) in [6.07, 6.45) is 1.12. The van der Waals surface area contributed by atoms with Gasteiger partial charge in [-0.3, -0.25) is 4.79 Å². The first-order valence-corrected chi connectivity index (χ1v) is 5.13. The molecule has 0 spiro atoms. The standard InChI is InChI=1S/C10H16N4O2/c1-3-7-6(4-5-8(15)16)9(11)14-10(12-2)13-7/h3-5H2,1-2H3,(H,15,16)(H3,11,12,13,14). The van der Waals surface area contributed by atoms with Crippen molar-refractivity contribution in [3.8, 4) is 0 Å². The largest absolute Gasteiger partial charge is 0.481 e. The number of aliphatic carboxylic acids is 1. The smallest absolute Gasteiger partial charge is 0.303 e. The van der Waals surface area contributed by atoms with Crippen molar-refractivity contribution in [2.75, 3.05) is 18.1 Å². The van der Waals surface area contributed by atoms with Gasteiger partial charge in [0.15, 0.2) is 0 Å². The van der Waals surface area contributed by atoms with Gasteiger partial charge in [-0.05, 0) is 12.8 Å². The summed E-state index contributed by atoms with van der Waals surface area (Å²) < 4.78 is 0. The minimum atomic E-state index is -0.848. The van der Waals surface area contributed by atoms with Gasteiger partial charge in [-0.1, -0.05) is 6.92 Å². The van der Waals surface area contributed by atoms with Crippen molar-refractivity contribution >= 4 is 17.7 Å². The predicted molar refractivity (Wildman–Crippen MR) is 61.3 cm³/mol. The number of carboxylic acids is 1. The monoisotopic (exact) mass is 224 g/mol. The Bertz CT molecular complexity index is 393. The van der Waals surface area contributed by atoms with E-state index in [9.17, 15) is 4.79 Å². The Morgan fingerprint density at radius 1 is 1.50 bits per heavy atom. The van der Waals surface area contributed by atoms with Crippen LogP contribution >= 0.6 is 0 Å². The number of carbonyl (C=O) groups is 1. The van der Waals surface area contributed by atoms with Gasteiger partial charge in [-0.15, -0.1) is 0 Å². The lowest BCUT2D eigenvalue weighted by Crippen LogP contribution is -2.10. The van der Waals surface area contributed by atoms with E-state index in [0.717, 1.165) is 11.3 Å².